The normalized spacial score (nSPS) is 10.3. The van der Waals surface area contributed by atoms with Gasteiger partial charge in [-0.2, -0.15) is 0 Å². The Kier molecular flexibility index (Phi) is 3.22. The van der Waals surface area contributed by atoms with Gasteiger partial charge in [0.1, 0.15) is 8.07 Å². The average molecular weight is 220 g/mol. The van der Waals surface area contributed by atoms with E-state index in [0.717, 1.165) is 0 Å². The van der Waals surface area contributed by atoms with Crippen LogP contribution in [0.5, 0.6) is 0 Å². The smallest absolute Gasteiger partial charge is 0.358 e. The second-order valence-corrected chi connectivity index (χ2v) is 8.89. The summed E-state index contributed by atoms with van der Waals surface area (Å²) in [4.78, 5) is 13.8. The van der Waals surface area contributed by atoms with Gasteiger partial charge in [-0.1, -0.05) is 19.6 Å². The molecule has 5 heteroatoms. The van der Waals surface area contributed by atoms with Crippen LogP contribution in [0.3, 0.4) is 0 Å². The van der Waals surface area contributed by atoms with Gasteiger partial charge in [0.15, 0.2) is 0 Å². The number of rotatable bonds is 1. The van der Waals surface area contributed by atoms with E-state index in [0.29, 0.717) is 5.69 Å². The Morgan fingerprint density at radius 3 is 2.60 bits per heavy atom. The van der Waals surface area contributed by atoms with E-state index >= 15 is 0 Å². The molecule has 0 bridgehead atoms. The Balaban J connectivity index is 3.00. The van der Waals surface area contributed by atoms with Gasteiger partial charge in [0.05, 0.1) is 0 Å². The van der Waals surface area contributed by atoms with Gasteiger partial charge in [0, 0.05) is 6.07 Å². The van der Waals surface area contributed by atoms with E-state index in [2.05, 4.69) is 36.1 Å². The van der Waals surface area contributed by atoms with E-state index in [4.69, 9.17) is 0 Å². The number of hydrogen-bond acceptors (Lipinski definition) is 3. The summed E-state index contributed by atoms with van der Waals surface area (Å²) >= 11 is 0. The lowest BCUT2D eigenvalue weighted by molar-refractivity contribution is -0.389. The third-order valence-corrected chi connectivity index (χ3v) is 2.36. The second-order valence-electron chi connectivity index (χ2n) is 4.14. The van der Waals surface area contributed by atoms with E-state index < -0.39 is 13.0 Å². The third-order valence-electron chi connectivity index (χ3n) is 1.49. The molecule has 0 aromatic carbocycles. The standard InChI is InChI=1S/C10H12N2O2Si/c1-15(2,3)8-7-9-5-4-6-10(11-9)12(13)14/h4-6H,1-3H3. The highest BCUT2D eigenvalue weighted by atomic mass is 28.3. The van der Waals surface area contributed by atoms with Crippen molar-refractivity contribution >= 4 is 13.9 Å². The Morgan fingerprint density at radius 1 is 1.40 bits per heavy atom. The number of nitrogens with zero attached hydrogens (tertiary/aromatic N) is 2. The molecule has 78 valence electrons. The molecule has 4 nitrogen and oxygen atoms in total. The van der Waals surface area contributed by atoms with Crippen LogP contribution in [-0.4, -0.2) is 18.0 Å². The molecule has 0 aliphatic rings. The van der Waals surface area contributed by atoms with E-state index in [1.54, 1.807) is 12.1 Å². The maximum absolute atomic E-state index is 10.5. The van der Waals surface area contributed by atoms with Crippen LogP contribution in [0.2, 0.25) is 19.6 Å². The average Bonchev–Trinajstić information content (AvgIpc) is 2.14. The fourth-order valence-corrected chi connectivity index (χ4v) is 1.35. The van der Waals surface area contributed by atoms with Crippen LogP contribution in [0, 0.1) is 21.6 Å². The number of pyridine rings is 1. The lowest BCUT2D eigenvalue weighted by Gasteiger charge is -2.02. The van der Waals surface area contributed by atoms with Crippen molar-refractivity contribution in [2.75, 3.05) is 0 Å². The highest BCUT2D eigenvalue weighted by molar-refractivity contribution is 6.83. The lowest BCUT2D eigenvalue weighted by atomic mass is 10.3. The summed E-state index contributed by atoms with van der Waals surface area (Å²) in [5.41, 5.74) is 3.57. The Hall–Kier alpha value is -1.67. The molecule has 15 heavy (non-hydrogen) atoms. The van der Waals surface area contributed by atoms with Gasteiger partial charge < -0.3 is 10.1 Å². The predicted molar refractivity (Wildman–Crippen MR) is 61.1 cm³/mol. The molecule has 1 aromatic heterocycles. The molecule has 0 N–H and O–H groups in total. The van der Waals surface area contributed by atoms with Crippen molar-refractivity contribution in [3.05, 3.63) is 34.0 Å². The minimum Gasteiger partial charge on any atom is -0.358 e. The quantitative estimate of drug-likeness (QED) is 0.315. The minimum atomic E-state index is -1.46. The third kappa shape index (κ3) is 3.91. The number of nitro groups is 1. The molecule has 0 spiro atoms. The van der Waals surface area contributed by atoms with Gasteiger partial charge >= 0.3 is 5.82 Å². The van der Waals surface area contributed by atoms with E-state index in [9.17, 15) is 10.1 Å². The van der Waals surface area contributed by atoms with Crippen molar-refractivity contribution in [3.63, 3.8) is 0 Å². The topological polar surface area (TPSA) is 56.0 Å². The van der Waals surface area contributed by atoms with Gasteiger partial charge in [-0.15, -0.1) is 5.54 Å². The fraction of sp³-hybridized carbons (Fsp3) is 0.300. The zero-order valence-electron chi connectivity index (χ0n) is 8.94. The van der Waals surface area contributed by atoms with Gasteiger partial charge in [-0.25, -0.2) is 0 Å². The van der Waals surface area contributed by atoms with Crippen molar-refractivity contribution in [1.82, 2.24) is 4.98 Å². The molecule has 0 saturated carbocycles. The first-order valence-electron chi connectivity index (χ1n) is 4.53. The fourth-order valence-electron chi connectivity index (χ4n) is 0.846. The van der Waals surface area contributed by atoms with Gasteiger partial charge in [0.25, 0.3) is 0 Å². The highest BCUT2D eigenvalue weighted by Crippen LogP contribution is 2.06. The van der Waals surface area contributed by atoms with E-state index in [1.807, 2.05) is 0 Å². The summed E-state index contributed by atoms with van der Waals surface area (Å²) in [6.07, 6.45) is 0. The summed E-state index contributed by atoms with van der Waals surface area (Å²) in [5, 5.41) is 10.5. The predicted octanol–water partition coefficient (Wildman–Crippen LogP) is 2.22. The second kappa shape index (κ2) is 4.23. The molecule has 0 atom stereocenters. The van der Waals surface area contributed by atoms with Crippen LogP contribution in [0.15, 0.2) is 18.2 Å². The first-order chi connectivity index (χ1) is 6.88. The van der Waals surface area contributed by atoms with Crippen molar-refractivity contribution < 1.29 is 4.92 Å². The van der Waals surface area contributed by atoms with Crippen LogP contribution in [0.1, 0.15) is 5.69 Å². The van der Waals surface area contributed by atoms with Crippen LogP contribution < -0.4 is 0 Å². The summed E-state index contributed by atoms with van der Waals surface area (Å²) < 4.78 is 0. The summed E-state index contributed by atoms with van der Waals surface area (Å²) in [6, 6.07) is 4.64. The van der Waals surface area contributed by atoms with Gasteiger partial charge in [-0.05, 0) is 28.0 Å². The van der Waals surface area contributed by atoms with Gasteiger partial charge in [0.2, 0.25) is 5.69 Å². The molecular formula is C10H12N2O2Si. The van der Waals surface area contributed by atoms with Crippen molar-refractivity contribution in [3.8, 4) is 11.5 Å². The molecule has 1 aromatic rings. The van der Waals surface area contributed by atoms with E-state index in [1.165, 1.54) is 6.07 Å². The van der Waals surface area contributed by atoms with Crippen molar-refractivity contribution in [1.29, 1.82) is 0 Å². The Bertz CT molecular complexity index is 441. The van der Waals surface area contributed by atoms with Crippen molar-refractivity contribution in [2.45, 2.75) is 19.6 Å². The zero-order valence-corrected chi connectivity index (χ0v) is 9.94. The van der Waals surface area contributed by atoms with Crippen LogP contribution >= 0.6 is 0 Å². The molecule has 0 saturated heterocycles. The molecular weight excluding hydrogens is 208 g/mol. The summed E-state index contributed by atoms with van der Waals surface area (Å²) in [5.74, 6) is 2.72. The Morgan fingerprint density at radius 2 is 2.07 bits per heavy atom. The molecule has 0 radical (unpaired) electrons. The van der Waals surface area contributed by atoms with Crippen LogP contribution in [0.25, 0.3) is 0 Å². The molecule has 0 aliphatic heterocycles. The minimum absolute atomic E-state index is 0.155. The first-order valence-corrected chi connectivity index (χ1v) is 8.03. The maximum Gasteiger partial charge on any atom is 0.364 e. The molecule has 0 fully saturated rings. The monoisotopic (exact) mass is 220 g/mol. The zero-order chi connectivity index (χ0) is 11.5. The van der Waals surface area contributed by atoms with Crippen molar-refractivity contribution in [2.24, 2.45) is 0 Å². The summed E-state index contributed by atoms with van der Waals surface area (Å²) in [6.45, 7) is 6.33. The van der Waals surface area contributed by atoms with Crippen LogP contribution in [0.4, 0.5) is 5.82 Å². The highest BCUT2D eigenvalue weighted by Gasteiger charge is 2.10. The number of hydrogen-bond donors (Lipinski definition) is 0. The SMILES string of the molecule is C[Si](C)(C)C#Cc1cccc([N+](=O)[O-])n1. The summed E-state index contributed by atoms with van der Waals surface area (Å²) in [7, 11) is -1.46. The molecule has 1 heterocycles. The molecule has 1 rings (SSSR count). The van der Waals surface area contributed by atoms with Crippen LogP contribution in [-0.2, 0) is 0 Å². The maximum atomic E-state index is 10.5. The van der Waals surface area contributed by atoms with E-state index in [-0.39, 0.29) is 5.82 Å². The Labute approximate surface area is 89.5 Å². The molecule has 0 aliphatic carbocycles. The largest absolute Gasteiger partial charge is 0.364 e. The number of aromatic nitrogens is 1. The lowest BCUT2D eigenvalue weighted by Crippen LogP contribution is -2.16. The molecule has 0 unspecified atom stereocenters. The first kappa shape index (κ1) is 11.4. The van der Waals surface area contributed by atoms with Gasteiger partial charge in [-0.3, -0.25) is 0 Å². The molecule has 0 amide bonds.